The standard InChI is InChI=1S/C37H53BN4/c1-32(2,3)39-25-30-37(28-21-16-14-19-26(28)27-20-15-17-22-29(27)37)31(40-33(4,5)6)38(41(30)34(7,8)9)42-35(10,11)23-18-24-36(42,12)13/h14-17,19-22H,18,23-24H2,1-13H3. The van der Waals surface area contributed by atoms with Crippen LogP contribution in [0.3, 0.4) is 0 Å². The highest BCUT2D eigenvalue weighted by atomic mass is 15.4. The maximum Gasteiger partial charge on any atom is 0.396 e. The zero-order valence-electron chi connectivity index (χ0n) is 28.6. The summed E-state index contributed by atoms with van der Waals surface area (Å²) in [4.78, 5) is 16.4. The second kappa shape index (κ2) is 9.70. The lowest BCUT2D eigenvalue weighted by Gasteiger charge is -2.57. The first-order valence-corrected chi connectivity index (χ1v) is 16.0. The normalized spacial score (nSPS) is 22.4. The number of rotatable bonds is 1. The van der Waals surface area contributed by atoms with Crippen molar-refractivity contribution in [3.05, 3.63) is 65.4 Å². The van der Waals surface area contributed by atoms with Crippen LogP contribution in [-0.2, 0) is 5.41 Å². The summed E-state index contributed by atoms with van der Waals surface area (Å²) < 4.78 is 0. The quantitative estimate of drug-likeness (QED) is 0.256. The number of fused-ring (bicyclic) bond motifs is 5. The fraction of sp³-hybridized carbons (Fsp3) is 0.595. The Hall–Kier alpha value is -2.62. The van der Waals surface area contributed by atoms with E-state index >= 15 is 0 Å². The van der Waals surface area contributed by atoms with Gasteiger partial charge in [0.15, 0.2) is 0 Å². The summed E-state index contributed by atoms with van der Waals surface area (Å²) in [6.07, 6.45) is 3.54. The molecular formula is C37H53BN4. The summed E-state index contributed by atoms with van der Waals surface area (Å²) in [6.45, 7) is 30.0. The van der Waals surface area contributed by atoms with Crippen molar-refractivity contribution < 1.29 is 0 Å². The molecule has 0 saturated carbocycles. The Kier molecular flexibility index (Phi) is 7.12. The monoisotopic (exact) mass is 564 g/mol. The minimum atomic E-state index is -0.600. The van der Waals surface area contributed by atoms with Gasteiger partial charge in [-0.15, -0.1) is 0 Å². The molecule has 1 spiro atoms. The van der Waals surface area contributed by atoms with Crippen molar-refractivity contribution in [1.82, 2.24) is 9.62 Å². The molecule has 0 unspecified atom stereocenters. The van der Waals surface area contributed by atoms with Crippen LogP contribution in [0.2, 0.25) is 0 Å². The van der Waals surface area contributed by atoms with Gasteiger partial charge in [-0.05, 0) is 132 Å². The lowest BCUT2D eigenvalue weighted by atomic mass is 9.53. The first-order valence-electron chi connectivity index (χ1n) is 16.0. The molecule has 2 heterocycles. The van der Waals surface area contributed by atoms with Crippen molar-refractivity contribution in [2.75, 3.05) is 0 Å². The van der Waals surface area contributed by atoms with Gasteiger partial charge in [0.2, 0.25) is 0 Å². The molecule has 2 aromatic carbocycles. The fourth-order valence-corrected chi connectivity index (χ4v) is 7.98. The van der Waals surface area contributed by atoms with Crippen molar-refractivity contribution in [2.45, 2.75) is 142 Å². The van der Waals surface area contributed by atoms with Gasteiger partial charge in [0.1, 0.15) is 5.41 Å². The van der Waals surface area contributed by atoms with Crippen LogP contribution in [0.25, 0.3) is 11.1 Å². The summed E-state index contributed by atoms with van der Waals surface area (Å²) in [7, 11) is 0. The fourth-order valence-electron chi connectivity index (χ4n) is 7.98. The number of benzene rings is 2. The molecule has 5 rings (SSSR count). The van der Waals surface area contributed by atoms with Crippen LogP contribution in [0.15, 0.2) is 64.2 Å². The Morgan fingerprint density at radius 1 is 0.714 bits per heavy atom. The number of nitrogens with zero attached hydrogens (tertiary/aromatic N) is 4. The first kappa shape index (κ1) is 30.8. The van der Waals surface area contributed by atoms with Crippen LogP contribution in [0.4, 0.5) is 0 Å². The maximum atomic E-state index is 5.82. The third-order valence-electron chi connectivity index (χ3n) is 9.22. The topological polar surface area (TPSA) is 31.2 Å². The molecule has 0 N–H and O–H groups in total. The molecule has 0 radical (unpaired) electrons. The van der Waals surface area contributed by atoms with Gasteiger partial charge < -0.3 is 9.62 Å². The Morgan fingerprint density at radius 2 is 1.19 bits per heavy atom. The Morgan fingerprint density at radius 3 is 1.62 bits per heavy atom. The second-order valence-corrected chi connectivity index (χ2v) is 17.0. The molecule has 4 nitrogen and oxygen atoms in total. The van der Waals surface area contributed by atoms with Crippen LogP contribution in [0.1, 0.15) is 120 Å². The summed E-state index contributed by atoms with van der Waals surface area (Å²) in [5.74, 6) is 3.79. The van der Waals surface area contributed by atoms with Crippen molar-refractivity contribution in [3.8, 4) is 11.1 Å². The lowest BCUT2D eigenvalue weighted by molar-refractivity contribution is 0.0401. The van der Waals surface area contributed by atoms with Crippen molar-refractivity contribution >= 4 is 18.5 Å². The predicted molar refractivity (Wildman–Crippen MR) is 182 cm³/mol. The van der Waals surface area contributed by atoms with Crippen LogP contribution in [-0.4, -0.2) is 55.8 Å². The zero-order valence-corrected chi connectivity index (χ0v) is 28.6. The van der Waals surface area contributed by atoms with E-state index in [9.17, 15) is 0 Å². The van der Waals surface area contributed by atoms with Gasteiger partial charge in [0.05, 0.1) is 16.8 Å². The summed E-state index contributed by atoms with van der Waals surface area (Å²) >= 11 is 0. The van der Waals surface area contributed by atoms with Gasteiger partial charge in [0, 0.05) is 28.1 Å². The highest BCUT2D eigenvalue weighted by Gasteiger charge is 2.68. The van der Waals surface area contributed by atoms with Crippen LogP contribution >= 0.6 is 0 Å². The highest BCUT2D eigenvalue weighted by Crippen LogP contribution is 2.60. The lowest BCUT2D eigenvalue weighted by Crippen LogP contribution is -2.71. The molecule has 0 amide bonds. The molecule has 1 aliphatic carbocycles. The number of hydrogen-bond donors (Lipinski definition) is 0. The van der Waals surface area contributed by atoms with E-state index in [1.54, 1.807) is 0 Å². The average molecular weight is 565 g/mol. The van der Waals surface area contributed by atoms with E-state index in [0.717, 1.165) is 18.5 Å². The molecular weight excluding hydrogens is 511 g/mol. The average Bonchev–Trinajstić information content (AvgIpc) is 3.27. The van der Waals surface area contributed by atoms with Crippen LogP contribution in [0, 0.1) is 0 Å². The van der Waals surface area contributed by atoms with E-state index in [0.29, 0.717) is 0 Å². The first-order chi connectivity index (χ1) is 19.2. The van der Waals surface area contributed by atoms with E-state index in [1.165, 1.54) is 34.3 Å². The van der Waals surface area contributed by atoms with E-state index < -0.39 is 5.41 Å². The van der Waals surface area contributed by atoms with E-state index in [2.05, 4.69) is 154 Å². The van der Waals surface area contributed by atoms with Gasteiger partial charge in [-0.3, -0.25) is 4.99 Å². The minimum absolute atomic E-state index is 0.0238. The number of hydrogen-bond acceptors (Lipinski definition) is 4. The number of aliphatic imine (C=N–C) groups is 2. The molecule has 2 aromatic rings. The van der Waals surface area contributed by atoms with Crippen LogP contribution in [0.5, 0.6) is 0 Å². The van der Waals surface area contributed by atoms with Gasteiger partial charge >= 0.3 is 6.98 Å². The third kappa shape index (κ3) is 4.91. The molecule has 5 heteroatoms. The molecule has 0 atom stereocenters. The van der Waals surface area contributed by atoms with Crippen molar-refractivity contribution in [3.63, 3.8) is 0 Å². The molecule has 3 aliphatic rings. The molecule has 0 aromatic heterocycles. The molecule has 0 bridgehead atoms. The van der Waals surface area contributed by atoms with Crippen molar-refractivity contribution in [1.29, 1.82) is 0 Å². The Labute approximate surface area is 256 Å². The summed E-state index contributed by atoms with van der Waals surface area (Å²) in [5, 5.41) is 0. The number of piperidine rings is 1. The highest BCUT2D eigenvalue weighted by molar-refractivity contribution is 6.91. The SMILES string of the molecule is CC(C)(C)N=C=C1N(C(C)(C)C)B(N2C(C)(C)CCCC2(C)C)C(=NC(C)(C)C)C12c1ccccc1-c1ccccc12. The second-order valence-electron chi connectivity index (χ2n) is 17.0. The minimum Gasteiger partial charge on any atom is -0.386 e. The van der Waals surface area contributed by atoms with Crippen LogP contribution < -0.4 is 0 Å². The largest absolute Gasteiger partial charge is 0.396 e. The Bertz CT molecular complexity index is 1410. The molecule has 2 aliphatic heterocycles. The zero-order chi connectivity index (χ0) is 31.1. The molecule has 224 valence electrons. The van der Waals surface area contributed by atoms with Gasteiger partial charge in [-0.2, -0.15) is 0 Å². The Balaban J connectivity index is 2.04. The van der Waals surface area contributed by atoms with E-state index in [1.807, 2.05) is 0 Å². The predicted octanol–water partition coefficient (Wildman–Crippen LogP) is 8.73. The smallest absolute Gasteiger partial charge is 0.386 e. The van der Waals surface area contributed by atoms with E-state index in [-0.39, 0.29) is 34.7 Å². The molecule has 42 heavy (non-hydrogen) atoms. The van der Waals surface area contributed by atoms with Gasteiger partial charge in [0.25, 0.3) is 0 Å². The number of allylic oxidation sites excluding steroid dienone is 1. The van der Waals surface area contributed by atoms with Gasteiger partial charge in [-0.25, -0.2) is 4.99 Å². The molecule has 2 saturated heterocycles. The van der Waals surface area contributed by atoms with E-state index in [4.69, 9.17) is 9.98 Å². The summed E-state index contributed by atoms with van der Waals surface area (Å²) in [6, 6.07) is 18.0. The summed E-state index contributed by atoms with van der Waals surface area (Å²) in [5.41, 5.74) is 6.08. The van der Waals surface area contributed by atoms with Crippen molar-refractivity contribution in [2.24, 2.45) is 9.98 Å². The van der Waals surface area contributed by atoms with Gasteiger partial charge in [-0.1, -0.05) is 48.5 Å². The maximum absolute atomic E-state index is 5.82. The molecule has 2 fully saturated rings. The third-order valence-corrected chi connectivity index (χ3v) is 9.22.